The molecule has 0 saturated carbocycles. The Bertz CT molecular complexity index is 405. The highest BCUT2D eigenvalue weighted by molar-refractivity contribution is 5.81. The van der Waals surface area contributed by atoms with Crippen LogP contribution in [0.3, 0.4) is 0 Å². The highest BCUT2D eigenvalue weighted by Crippen LogP contribution is 2.10. The number of hydrogen-bond donors (Lipinski definition) is 1. The minimum atomic E-state index is -0.607. The molecule has 0 heterocycles. The van der Waals surface area contributed by atoms with Gasteiger partial charge in [-0.25, -0.2) is 0 Å². The van der Waals surface area contributed by atoms with Crippen molar-refractivity contribution >= 4 is 11.9 Å². The van der Waals surface area contributed by atoms with Crippen molar-refractivity contribution in [1.29, 1.82) is 0 Å². The smallest absolute Gasteiger partial charge is 0.307 e. The lowest BCUT2D eigenvalue weighted by atomic mass is 10.3. The summed E-state index contributed by atoms with van der Waals surface area (Å²) in [6.07, 6.45) is -0.443. The normalized spacial score (nSPS) is 11.5. The van der Waals surface area contributed by atoms with Crippen LogP contribution in [0.5, 0.6) is 5.75 Å². The molecule has 1 aromatic carbocycles. The summed E-state index contributed by atoms with van der Waals surface area (Å²) in [5.74, 6) is 0.0584. The molecule has 1 rings (SSSR count). The van der Waals surface area contributed by atoms with Gasteiger partial charge in [-0.2, -0.15) is 0 Å². The van der Waals surface area contributed by atoms with Gasteiger partial charge in [-0.3, -0.25) is 9.59 Å². The lowest BCUT2D eigenvalue weighted by Crippen LogP contribution is -2.37. The fourth-order valence-corrected chi connectivity index (χ4v) is 1.42. The van der Waals surface area contributed by atoms with Crippen LogP contribution < -0.4 is 10.1 Å². The Hall–Kier alpha value is -2.04. The van der Waals surface area contributed by atoms with Gasteiger partial charge in [0, 0.05) is 6.54 Å². The highest BCUT2D eigenvalue weighted by atomic mass is 16.5. The molecule has 1 unspecified atom stereocenters. The summed E-state index contributed by atoms with van der Waals surface area (Å²) in [6, 6.07) is 9.10. The molecule has 5 heteroatoms. The third-order valence-electron chi connectivity index (χ3n) is 2.36. The first-order valence-electron chi connectivity index (χ1n) is 6.28. The van der Waals surface area contributed by atoms with Crippen LogP contribution in [0, 0.1) is 0 Å². The zero-order chi connectivity index (χ0) is 14.1. The molecule has 0 aliphatic rings. The van der Waals surface area contributed by atoms with Gasteiger partial charge in [-0.05, 0) is 26.0 Å². The Morgan fingerprint density at radius 2 is 1.95 bits per heavy atom. The van der Waals surface area contributed by atoms with Crippen LogP contribution >= 0.6 is 0 Å². The minimum absolute atomic E-state index is 0.164. The first kappa shape index (κ1) is 15.0. The predicted octanol–water partition coefficient (Wildman–Crippen LogP) is 1.52. The number of para-hydroxylation sites is 1. The van der Waals surface area contributed by atoms with E-state index in [4.69, 9.17) is 9.47 Å². The van der Waals surface area contributed by atoms with Gasteiger partial charge >= 0.3 is 5.97 Å². The lowest BCUT2D eigenvalue weighted by molar-refractivity contribution is -0.143. The molecule has 1 aromatic rings. The van der Waals surface area contributed by atoms with Gasteiger partial charge in [-0.15, -0.1) is 0 Å². The van der Waals surface area contributed by atoms with Crippen LogP contribution in [-0.4, -0.2) is 31.1 Å². The van der Waals surface area contributed by atoms with E-state index in [1.807, 2.05) is 18.2 Å². The quantitative estimate of drug-likeness (QED) is 0.759. The molecule has 104 valence electrons. The first-order valence-corrected chi connectivity index (χ1v) is 6.28. The van der Waals surface area contributed by atoms with Gasteiger partial charge < -0.3 is 14.8 Å². The van der Waals surface area contributed by atoms with Crippen LogP contribution in [0.15, 0.2) is 30.3 Å². The molecule has 0 aliphatic carbocycles. The van der Waals surface area contributed by atoms with E-state index in [2.05, 4.69) is 5.32 Å². The Morgan fingerprint density at radius 3 is 2.58 bits per heavy atom. The summed E-state index contributed by atoms with van der Waals surface area (Å²) in [4.78, 5) is 22.8. The third-order valence-corrected chi connectivity index (χ3v) is 2.36. The summed E-state index contributed by atoms with van der Waals surface area (Å²) in [5.41, 5.74) is 0. The molecule has 0 saturated heterocycles. The zero-order valence-corrected chi connectivity index (χ0v) is 11.2. The number of carbonyl (C=O) groups is 2. The molecule has 1 atom stereocenters. The molecule has 1 amide bonds. The van der Waals surface area contributed by atoms with E-state index in [0.29, 0.717) is 12.4 Å². The van der Waals surface area contributed by atoms with Crippen LogP contribution in [0.2, 0.25) is 0 Å². The largest absolute Gasteiger partial charge is 0.481 e. The number of ether oxygens (including phenoxy) is 2. The van der Waals surface area contributed by atoms with Gasteiger partial charge in [0.15, 0.2) is 6.10 Å². The number of rotatable bonds is 7. The first-order chi connectivity index (χ1) is 9.13. The van der Waals surface area contributed by atoms with Crippen LogP contribution in [0.25, 0.3) is 0 Å². The predicted molar refractivity (Wildman–Crippen MR) is 70.8 cm³/mol. The molecule has 0 aromatic heterocycles. The van der Waals surface area contributed by atoms with Crippen LogP contribution in [0.1, 0.15) is 20.3 Å². The van der Waals surface area contributed by atoms with Gasteiger partial charge in [0.2, 0.25) is 0 Å². The molecule has 0 fully saturated rings. The van der Waals surface area contributed by atoms with Crippen molar-refractivity contribution in [2.75, 3.05) is 13.2 Å². The van der Waals surface area contributed by atoms with E-state index in [9.17, 15) is 9.59 Å². The van der Waals surface area contributed by atoms with Crippen molar-refractivity contribution in [2.45, 2.75) is 26.4 Å². The second kappa shape index (κ2) is 8.13. The Labute approximate surface area is 112 Å². The summed E-state index contributed by atoms with van der Waals surface area (Å²) in [6.45, 7) is 4.00. The number of benzene rings is 1. The van der Waals surface area contributed by atoms with Crippen molar-refractivity contribution < 1.29 is 19.1 Å². The second-order valence-corrected chi connectivity index (χ2v) is 3.92. The van der Waals surface area contributed by atoms with E-state index in [1.54, 1.807) is 26.0 Å². The number of amides is 1. The molecule has 5 nitrogen and oxygen atoms in total. The minimum Gasteiger partial charge on any atom is -0.481 e. The second-order valence-electron chi connectivity index (χ2n) is 3.92. The Kier molecular flexibility index (Phi) is 6.43. The van der Waals surface area contributed by atoms with Gasteiger partial charge in [0.05, 0.1) is 13.0 Å². The van der Waals surface area contributed by atoms with E-state index < -0.39 is 6.10 Å². The maximum Gasteiger partial charge on any atom is 0.307 e. The molecule has 0 radical (unpaired) electrons. The average Bonchev–Trinajstić information content (AvgIpc) is 2.40. The molecule has 19 heavy (non-hydrogen) atoms. The van der Waals surface area contributed by atoms with Gasteiger partial charge in [0.1, 0.15) is 5.75 Å². The molecule has 0 aliphatic heterocycles. The Morgan fingerprint density at radius 1 is 1.26 bits per heavy atom. The van der Waals surface area contributed by atoms with Crippen LogP contribution in [0.4, 0.5) is 0 Å². The average molecular weight is 265 g/mol. The van der Waals surface area contributed by atoms with Gasteiger partial charge in [-0.1, -0.05) is 18.2 Å². The van der Waals surface area contributed by atoms with Crippen molar-refractivity contribution in [3.8, 4) is 5.75 Å². The van der Waals surface area contributed by atoms with E-state index in [0.717, 1.165) is 0 Å². The molecule has 0 spiro atoms. The lowest BCUT2D eigenvalue weighted by Gasteiger charge is -2.14. The molecular weight excluding hydrogens is 246 g/mol. The summed E-state index contributed by atoms with van der Waals surface area (Å²) >= 11 is 0. The van der Waals surface area contributed by atoms with E-state index >= 15 is 0 Å². The van der Waals surface area contributed by atoms with E-state index in [-0.39, 0.29) is 24.8 Å². The van der Waals surface area contributed by atoms with Crippen molar-refractivity contribution in [3.63, 3.8) is 0 Å². The van der Waals surface area contributed by atoms with E-state index in [1.165, 1.54) is 0 Å². The van der Waals surface area contributed by atoms with Crippen molar-refractivity contribution in [1.82, 2.24) is 5.32 Å². The zero-order valence-electron chi connectivity index (χ0n) is 11.2. The molecule has 0 bridgehead atoms. The SMILES string of the molecule is CCOC(=O)CCNC(=O)C(C)Oc1ccccc1. The van der Waals surface area contributed by atoms with Crippen molar-refractivity contribution in [3.05, 3.63) is 30.3 Å². The van der Waals surface area contributed by atoms with Crippen molar-refractivity contribution in [2.24, 2.45) is 0 Å². The fraction of sp³-hybridized carbons (Fsp3) is 0.429. The standard InChI is InChI=1S/C14H19NO4/c1-3-18-13(16)9-10-15-14(17)11(2)19-12-7-5-4-6-8-12/h4-8,11H,3,9-10H2,1-2H3,(H,15,17). The maximum atomic E-state index is 11.7. The fourth-order valence-electron chi connectivity index (χ4n) is 1.42. The number of esters is 1. The molecule has 1 N–H and O–H groups in total. The number of carbonyl (C=O) groups excluding carboxylic acids is 2. The monoisotopic (exact) mass is 265 g/mol. The number of hydrogen-bond acceptors (Lipinski definition) is 4. The maximum absolute atomic E-state index is 11.7. The molecular formula is C14H19NO4. The summed E-state index contributed by atoms with van der Waals surface area (Å²) < 4.78 is 10.2. The Balaban J connectivity index is 2.27. The summed E-state index contributed by atoms with van der Waals surface area (Å²) in [7, 11) is 0. The third kappa shape index (κ3) is 5.90. The van der Waals surface area contributed by atoms with Crippen LogP contribution in [-0.2, 0) is 14.3 Å². The summed E-state index contributed by atoms with van der Waals surface area (Å²) in [5, 5.41) is 2.63. The highest BCUT2D eigenvalue weighted by Gasteiger charge is 2.14. The van der Waals surface area contributed by atoms with Gasteiger partial charge in [0.25, 0.3) is 5.91 Å². The number of nitrogens with one attached hydrogen (secondary N) is 1. The topological polar surface area (TPSA) is 64.6 Å².